The fourth-order valence-corrected chi connectivity index (χ4v) is 3.90. The largest absolute Gasteiger partial charge is 0.395 e. The predicted molar refractivity (Wildman–Crippen MR) is 79.4 cm³/mol. The SMILES string of the molecule is C#Cc1cn([C@@H]2S[C@H](CO)[C@@H](O)[C@H]2O)c2ncnc(N)c12. The summed E-state index contributed by atoms with van der Waals surface area (Å²) in [7, 11) is 0. The molecule has 5 N–H and O–H groups in total. The normalized spacial score (nSPS) is 28.9. The van der Waals surface area contributed by atoms with Crippen molar-refractivity contribution in [3.8, 4) is 12.3 Å². The first-order valence-corrected chi connectivity index (χ1v) is 7.22. The van der Waals surface area contributed by atoms with Crippen molar-refractivity contribution in [2.75, 3.05) is 12.3 Å². The first kappa shape index (κ1) is 14.2. The Morgan fingerprint density at radius 2 is 2.14 bits per heavy atom. The van der Waals surface area contributed by atoms with Crippen LogP contribution in [0.3, 0.4) is 0 Å². The molecular weight excluding hydrogens is 292 g/mol. The fraction of sp³-hybridized carbons (Fsp3) is 0.385. The lowest BCUT2D eigenvalue weighted by molar-refractivity contribution is 0.0113. The van der Waals surface area contributed by atoms with Crippen molar-refractivity contribution < 1.29 is 15.3 Å². The van der Waals surface area contributed by atoms with E-state index in [4.69, 9.17) is 12.2 Å². The molecule has 1 aliphatic heterocycles. The zero-order chi connectivity index (χ0) is 15.1. The number of aliphatic hydroxyl groups excluding tert-OH is 3. The Morgan fingerprint density at radius 1 is 1.38 bits per heavy atom. The molecular formula is C13H14N4O3S. The van der Waals surface area contributed by atoms with Crippen molar-refractivity contribution in [2.45, 2.75) is 22.8 Å². The molecule has 1 aliphatic rings. The van der Waals surface area contributed by atoms with Crippen LogP contribution in [0.2, 0.25) is 0 Å². The van der Waals surface area contributed by atoms with Gasteiger partial charge >= 0.3 is 0 Å². The van der Waals surface area contributed by atoms with Gasteiger partial charge in [-0.15, -0.1) is 18.2 Å². The van der Waals surface area contributed by atoms with E-state index < -0.39 is 22.8 Å². The zero-order valence-corrected chi connectivity index (χ0v) is 11.7. The average molecular weight is 306 g/mol. The summed E-state index contributed by atoms with van der Waals surface area (Å²) in [5.41, 5.74) is 6.87. The van der Waals surface area contributed by atoms with Gasteiger partial charge in [0, 0.05) is 6.20 Å². The van der Waals surface area contributed by atoms with Crippen LogP contribution in [0.1, 0.15) is 10.9 Å². The minimum Gasteiger partial charge on any atom is -0.395 e. The highest BCUT2D eigenvalue weighted by atomic mass is 32.2. The quantitative estimate of drug-likeness (QED) is 0.543. The van der Waals surface area contributed by atoms with E-state index in [0.717, 1.165) is 0 Å². The van der Waals surface area contributed by atoms with Crippen molar-refractivity contribution in [1.82, 2.24) is 14.5 Å². The van der Waals surface area contributed by atoms with Crippen LogP contribution in [0, 0.1) is 12.3 Å². The molecule has 0 aliphatic carbocycles. The van der Waals surface area contributed by atoms with Gasteiger partial charge in [0.2, 0.25) is 0 Å². The lowest BCUT2D eigenvalue weighted by atomic mass is 10.1. The molecule has 2 aromatic heterocycles. The van der Waals surface area contributed by atoms with E-state index in [-0.39, 0.29) is 12.4 Å². The topological polar surface area (TPSA) is 117 Å². The molecule has 0 amide bonds. The van der Waals surface area contributed by atoms with E-state index in [1.165, 1.54) is 18.1 Å². The molecule has 0 bridgehead atoms. The van der Waals surface area contributed by atoms with Gasteiger partial charge in [-0.1, -0.05) is 5.92 Å². The summed E-state index contributed by atoms with van der Waals surface area (Å²) in [6.07, 6.45) is 6.40. The molecule has 1 saturated heterocycles. The standard InChI is InChI=1S/C13H14N4O3S/c1-2-6-3-17(12-8(6)11(14)15-5-16-12)13-10(20)9(19)7(4-18)21-13/h1,3,5,7,9-10,13,18-20H,4H2,(H2,14,15,16)/t7-,9-,10-,13-/m1/s1. The van der Waals surface area contributed by atoms with Crippen molar-refractivity contribution in [3.63, 3.8) is 0 Å². The molecule has 1 fully saturated rings. The van der Waals surface area contributed by atoms with Gasteiger partial charge in [0.25, 0.3) is 0 Å². The number of rotatable bonds is 2. The highest BCUT2D eigenvalue weighted by molar-refractivity contribution is 8.00. The molecule has 110 valence electrons. The maximum absolute atomic E-state index is 10.2. The van der Waals surface area contributed by atoms with Gasteiger partial charge in [-0.3, -0.25) is 0 Å². The van der Waals surface area contributed by atoms with Crippen LogP contribution in [0.5, 0.6) is 0 Å². The van der Waals surface area contributed by atoms with Crippen LogP contribution in [-0.4, -0.2) is 53.9 Å². The number of terminal acetylenes is 1. The third-order valence-electron chi connectivity index (χ3n) is 3.59. The Kier molecular flexibility index (Phi) is 3.51. The highest BCUT2D eigenvalue weighted by Crippen LogP contribution is 2.43. The van der Waals surface area contributed by atoms with Crippen LogP contribution in [0.25, 0.3) is 11.0 Å². The Labute approximate surface area is 124 Å². The van der Waals surface area contributed by atoms with E-state index in [1.807, 2.05) is 0 Å². The van der Waals surface area contributed by atoms with Crippen molar-refractivity contribution >= 4 is 28.6 Å². The van der Waals surface area contributed by atoms with Gasteiger partial charge in [-0.2, -0.15) is 0 Å². The van der Waals surface area contributed by atoms with Crippen molar-refractivity contribution in [1.29, 1.82) is 0 Å². The number of nitrogens with two attached hydrogens (primary N) is 1. The van der Waals surface area contributed by atoms with Crippen LogP contribution < -0.4 is 5.73 Å². The van der Waals surface area contributed by atoms with Gasteiger partial charge < -0.3 is 25.6 Å². The second-order valence-corrected chi connectivity index (χ2v) is 6.14. The van der Waals surface area contributed by atoms with Gasteiger partial charge in [0.15, 0.2) is 0 Å². The highest BCUT2D eigenvalue weighted by Gasteiger charge is 2.43. The molecule has 8 heteroatoms. The van der Waals surface area contributed by atoms with Gasteiger partial charge in [-0.25, -0.2) is 9.97 Å². The lowest BCUT2D eigenvalue weighted by Crippen LogP contribution is -2.32. The van der Waals surface area contributed by atoms with E-state index in [1.54, 1.807) is 10.8 Å². The summed E-state index contributed by atoms with van der Waals surface area (Å²) in [5.74, 6) is 2.79. The van der Waals surface area contributed by atoms with Gasteiger partial charge in [0.05, 0.1) is 28.9 Å². The number of fused-ring (bicyclic) bond motifs is 1. The van der Waals surface area contributed by atoms with Crippen LogP contribution in [0.4, 0.5) is 5.82 Å². The molecule has 3 rings (SSSR count). The minimum atomic E-state index is -1.04. The summed E-state index contributed by atoms with van der Waals surface area (Å²) in [6.45, 7) is -0.224. The summed E-state index contributed by atoms with van der Waals surface area (Å²) in [6, 6.07) is 0. The molecule has 3 heterocycles. The lowest BCUT2D eigenvalue weighted by Gasteiger charge is -2.17. The maximum atomic E-state index is 10.2. The summed E-state index contributed by atoms with van der Waals surface area (Å²) < 4.78 is 1.68. The number of anilines is 1. The average Bonchev–Trinajstić information content (AvgIpc) is 2.99. The first-order valence-electron chi connectivity index (χ1n) is 6.28. The first-order chi connectivity index (χ1) is 10.1. The Balaban J connectivity index is 2.14. The van der Waals surface area contributed by atoms with E-state index in [0.29, 0.717) is 16.6 Å². The Morgan fingerprint density at radius 3 is 2.76 bits per heavy atom. The van der Waals surface area contributed by atoms with Gasteiger partial charge in [-0.05, 0) is 0 Å². The van der Waals surface area contributed by atoms with Gasteiger partial charge in [0.1, 0.15) is 29.3 Å². The smallest absolute Gasteiger partial charge is 0.147 e. The third-order valence-corrected chi connectivity index (χ3v) is 5.15. The summed E-state index contributed by atoms with van der Waals surface area (Å²) >= 11 is 1.27. The molecule has 4 atom stereocenters. The van der Waals surface area contributed by atoms with E-state index >= 15 is 0 Å². The van der Waals surface area contributed by atoms with Crippen LogP contribution >= 0.6 is 11.8 Å². The number of hydrogen-bond donors (Lipinski definition) is 4. The molecule has 0 spiro atoms. The van der Waals surface area contributed by atoms with Crippen molar-refractivity contribution in [3.05, 3.63) is 18.1 Å². The molecule has 0 saturated carbocycles. The van der Waals surface area contributed by atoms with Crippen LogP contribution in [0.15, 0.2) is 12.5 Å². The maximum Gasteiger partial charge on any atom is 0.147 e. The number of nitrogen functional groups attached to an aromatic ring is 1. The minimum absolute atomic E-state index is 0.224. The fourth-order valence-electron chi connectivity index (χ4n) is 2.52. The molecule has 0 radical (unpaired) electrons. The number of thioether (sulfide) groups is 1. The predicted octanol–water partition coefficient (Wildman–Crippen LogP) is -0.677. The number of nitrogens with zero attached hydrogens (tertiary/aromatic N) is 3. The molecule has 0 unspecified atom stereocenters. The van der Waals surface area contributed by atoms with Crippen LogP contribution in [-0.2, 0) is 0 Å². The second-order valence-electron chi connectivity index (χ2n) is 4.78. The summed E-state index contributed by atoms with van der Waals surface area (Å²) in [5, 5.41) is 29.0. The number of aromatic nitrogens is 3. The number of hydrogen-bond acceptors (Lipinski definition) is 7. The summed E-state index contributed by atoms with van der Waals surface area (Å²) in [4.78, 5) is 8.09. The molecule has 7 nitrogen and oxygen atoms in total. The Bertz CT molecular complexity index is 726. The monoisotopic (exact) mass is 306 g/mol. The zero-order valence-electron chi connectivity index (χ0n) is 10.9. The van der Waals surface area contributed by atoms with E-state index in [2.05, 4.69) is 15.9 Å². The second kappa shape index (κ2) is 5.20. The van der Waals surface area contributed by atoms with Crippen molar-refractivity contribution in [2.24, 2.45) is 0 Å². The van der Waals surface area contributed by atoms with E-state index in [9.17, 15) is 15.3 Å². The molecule has 0 aromatic carbocycles. The number of aliphatic hydroxyl groups is 3. The molecule has 21 heavy (non-hydrogen) atoms. The Hall–Kier alpha value is -1.79. The third kappa shape index (κ3) is 2.06. The molecule has 2 aromatic rings.